The minimum atomic E-state index is -0.287. The Morgan fingerprint density at radius 3 is 2.72 bits per heavy atom. The summed E-state index contributed by atoms with van der Waals surface area (Å²) in [5.41, 5.74) is 0.902. The fourth-order valence-corrected chi connectivity index (χ4v) is 2.30. The van der Waals surface area contributed by atoms with Gasteiger partial charge in [0.1, 0.15) is 12.4 Å². The van der Waals surface area contributed by atoms with Crippen molar-refractivity contribution < 1.29 is 18.7 Å². The molecule has 7 heteroatoms. The molecule has 0 aliphatic heterocycles. The second kappa shape index (κ2) is 7.57. The van der Waals surface area contributed by atoms with E-state index in [1.54, 1.807) is 30.1 Å². The fourth-order valence-electron chi connectivity index (χ4n) is 2.30. The third-order valence-corrected chi connectivity index (χ3v) is 3.68. The molecule has 0 saturated carbocycles. The van der Waals surface area contributed by atoms with Gasteiger partial charge in [-0.15, -0.1) is 0 Å². The predicted molar refractivity (Wildman–Crippen MR) is 90.4 cm³/mol. The molecule has 0 fully saturated rings. The molecule has 0 bridgehead atoms. The Hall–Kier alpha value is -3.22. The van der Waals surface area contributed by atoms with Gasteiger partial charge >= 0.3 is 0 Å². The maximum atomic E-state index is 12.1. The van der Waals surface area contributed by atoms with Crippen LogP contribution in [-0.2, 0) is 20.2 Å². The van der Waals surface area contributed by atoms with Crippen LogP contribution < -0.4 is 14.8 Å². The molecule has 0 atom stereocenters. The van der Waals surface area contributed by atoms with Crippen molar-refractivity contribution in [1.82, 2.24) is 15.1 Å². The Bertz CT molecular complexity index is 853. The molecule has 0 saturated heterocycles. The zero-order valence-corrected chi connectivity index (χ0v) is 14.1. The largest absolute Gasteiger partial charge is 0.493 e. The first-order chi connectivity index (χ1) is 12.2. The molecule has 0 spiro atoms. The second-order valence-corrected chi connectivity index (χ2v) is 5.33. The van der Waals surface area contributed by atoms with Crippen LogP contribution in [0.3, 0.4) is 0 Å². The number of aryl methyl sites for hydroxylation is 1. The number of aromatic nitrogens is 2. The monoisotopic (exact) mass is 341 g/mol. The van der Waals surface area contributed by atoms with Crippen LogP contribution in [0.2, 0.25) is 0 Å². The van der Waals surface area contributed by atoms with Crippen LogP contribution in [0.4, 0.5) is 0 Å². The van der Waals surface area contributed by atoms with Crippen molar-refractivity contribution in [3.63, 3.8) is 0 Å². The summed E-state index contributed by atoms with van der Waals surface area (Å²) in [5.74, 6) is 1.76. The standard InChI is InChI=1S/C18H19N3O4/c1-21-13(9-10-20-21)11-19-18(22)17-8-7-14(25-17)12-24-16-6-4-3-5-15(16)23-2/h3-10H,11-12H2,1-2H3,(H,19,22). The highest BCUT2D eigenvalue weighted by Gasteiger charge is 2.12. The lowest BCUT2D eigenvalue weighted by molar-refractivity contribution is 0.0918. The number of carbonyl (C=O) groups excluding carboxylic acids is 1. The van der Waals surface area contributed by atoms with Crippen LogP contribution in [0.25, 0.3) is 0 Å². The number of amides is 1. The Morgan fingerprint density at radius 2 is 2.00 bits per heavy atom. The van der Waals surface area contributed by atoms with Gasteiger partial charge in [0, 0.05) is 13.2 Å². The number of nitrogens with zero attached hydrogens (tertiary/aromatic N) is 2. The number of furan rings is 1. The first-order valence-electron chi connectivity index (χ1n) is 7.77. The molecular formula is C18H19N3O4. The van der Waals surface area contributed by atoms with Crippen LogP contribution in [0.1, 0.15) is 22.0 Å². The molecule has 1 amide bonds. The summed E-state index contributed by atoms with van der Waals surface area (Å²) in [6.45, 7) is 0.582. The number of para-hydroxylation sites is 2. The minimum Gasteiger partial charge on any atom is -0.493 e. The molecule has 1 aromatic carbocycles. The normalized spacial score (nSPS) is 10.5. The molecule has 2 aromatic heterocycles. The van der Waals surface area contributed by atoms with Crippen molar-refractivity contribution in [3.8, 4) is 11.5 Å². The number of ether oxygens (including phenoxy) is 2. The topological polar surface area (TPSA) is 78.5 Å². The summed E-state index contributed by atoms with van der Waals surface area (Å²) < 4.78 is 18.2. The van der Waals surface area contributed by atoms with Gasteiger partial charge < -0.3 is 19.2 Å². The van der Waals surface area contributed by atoms with Gasteiger partial charge in [0.2, 0.25) is 0 Å². The highest BCUT2D eigenvalue weighted by Crippen LogP contribution is 2.26. The third-order valence-electron chi connectivity index (χ3n) is 3.68. The number of hydrogen-bond donors (Lipinski definition) is 1. The smallest absolute Gasteiger partial charge is 0.287 e. The summed E-state index contributed by atoms with van der Waals surface area (Å²) >= 11 is 0. The number of carbonyl (C=O) groups is 1. The molecule has 1 N–H and O–H groups in total. The van der Waals surface area contributed by atoms with Crippen LogP contribution in [-0.4, -0.2) is 22.8 Å². The summed E-state index contributed by atoms with van der Waals surface area (Å²) in [4.78, 5) is 12.1. The highest BCUT2D eigenvalue weighted by molar-refractivity contribution is 5.91. The van der Waals surface area contributed by atoms with E-state index < -0.39 is 0 Å². The molecule has 3 rings (SSSR count). The van der Waals surface area contributed by atoms with Crippen molar-refractivity contribution >= 4 is 5.91 Å². The molecule has 0 aliphatic rings. The quantitative estimate of drug-likeness (QED) is 0.714. The summed E-state index contributed by atoms with van der Waals surface area (Å²) in [5, 5.41) is 6.85. The van der Waals surface area contributed by atoms with E-state index in [2.05, 4.69) is 10.4 Å². The van der Waals surface area contributed by atoms with E-state index in [0.29, 0.717) is 23.8 Å². The van der Waals surface area contributed by atoms with E-state index in [0.717, 1.165) is 5.69 Å². The number of nitrogens with one attached hydrogen (secondary N) is 1. The van der Waals surface area contributed by atoms with Gasteiger partial charge in [-0.3, -0.25) is 9.48 Å². The summed E-state index contributed by atoms with van der Waals surface area (Å²) in [7, 11) is 3.40. The lowest BCUT2D eigenvalue weighted by Gasteiger charge is -2.08. The van der Waals surface area contributed by atoms with E-state index >= 15 is 0 Å². The zero-order valence-electron chi connectivity index (χ0n) is 14.1. The number of methoxy groups -OCH3 is 1. The van der Waals surface area contributed by atoms with Gasteiger partial charge in [-0.05, 0) is 30.3 Å². The minimum absolute atomic E-state index is 0.204. The van der Waals surface area contributed by atoms with Gasteiger partial charge in [0.15, 0.2) is 17.3 Å². The molecule has 130 valence electrons. The van der Waals surface area contributed by atoms with E-state index in [1.165, 1.54) is 0 Å². The third kappa shape index (κ3) is 4.00. The van der Waals surface area contributed by atoms with Gasteiger partial charge in [0.25, 0.3) is 5.91 Å². The first-order valence-corrected chi connectivity index (χ1v) is 7.77. The molecule has 0 unspecified atom stereocenters. The summed E-state index contributed by atoms with van der Waals surface area (Å²) in [6, 6.07) is 12.5. The average molecular weight is 341 g/mol. The predicted octanol–water partition coefficient (Wildman–Crippen LogP) is 2.53. The Balaban J connectivity index is 1.56. The zero-order chi connectivity index (χ0) is 17.6. The highest BCUT2D eigenvalue weighted by atomic mass is 16.5. The van der Waals surface area contributed by atoms with Crippen molar-refractivity contribution in [2.24, 2.45) is 7.05 Å². The molecule has 25 heavy (non-hydrogen) atoms. The maximum Gasteiger partial charge on any atom is 0.287 e. The molecular weight excluding hydrogens is 322 g/mol. The van der Waals surface area contributed by atoms with Crippen LogP contribution in [0.15, 0.2) is 53.1 Å². The van der Waals surface area contributed by atoms with E-state index in [-0.39, 0.29) is 18.3 Å². The Kier molecular flexibility index (Phi) is 5.03. The van der Waals surface area contributed by atoms with E-state index in [9.17, 15) is 4.79 Å². The van der Waals surface area contributed by atoms with E-state index in [4.69, 9.17) is 13.9 Å². The SMILES string of the molecule is COc1ccccc1OCc1ccc(C(=O)NCc2ccnn2C)o1. The van der Waals surface area contributed by atoms with Gasteiger partial charge in [-0.2, -0.15) is 5.10 Å². The number of rotatable bonds is 7. The Labute approximate surface area is 145 Å². The van der Waals surface area contributed by atoms with Crippen molar-refractivity contribution in [2.45, 2.75) is 13.2 Å². The van der Waals surface area contributed by atoms with Crippen molar-refractivity contribution in [3.05, 3.63) is 65.9 Å². The second-order valence-electron chi connectivity index (χ2n) is 5.33. The fraction of sp³-hybridized carbons (Fsp3) is 0.222. The van der Waals surface area contributed by atoms with Crippen molar-refractivity contribution in [1.29, 1.82) is 0 Å². The molecule has 2 heterocycles. The van der Waals surface area contributed by atoms with Gasteiger partial charge in [-0.1, -0.05) is 12.1 Å². The lowest BCUT2D eigenvalue weighted by atomic mass is 10.3. The molecule has 3 aromatic rings. The van der Waals surface area contributed by atoms with E-state index in [1.807, 2.05) is 37.4 Å². The number of benzene rings is 1. The van der Waals surface area contributed by atoms with Crippen LogP contribution in [0, 0.1) is 0 Å². The number of hydrogen-bond acceptors (Lipinski definition) is 5. The molecule has 7 nitrogen and oxygen atoms in total. The average Bonchev–Trinajstić information content (AvgIpc) is 3.27. The maximum absolute atomic E-state index is 12.1. The molecule has 0 radical (unpaired) electrons. The lowest BCUT2D eigenvalue weighted by Crippen LogP contribution is -2.23. The first kappa shape index (κ1) is 16.6. The van der Waals surface area contributed by atoms with Crippen molar-refractivity contribution in [2.75, 3.05) is 7.11 Å². The van der Waals surface area contributed by atoms with Crippen LogP contribution >= 0.6 is 0 Å². The van der Waals surface area contributed by atoms with Gasteiger partial charge in [-0.25, -0.2) is 0 Å². The van der Waals surface area contributed by atoms with Crippen LogP contribution in [0.5, 0.6) is 11.5 Å². The summed E-state index contributed by atoms with van der Waals surface area (Å²) in [6.07, 6.45) is 1.68. The molecule has 0 aliphatic carbocycles. The van der Waals surface area contributed by atoms with Gasteiger partial charge in [0.05, 0.1) is 19.3 Å². The Morgan fingerprint density at radius 1 is 1.20 bits per heavy atom.